The standard InChI is InChI=1S/C13H15F3O2/c1-12(2,3)18-10-7-17-11-8(10)5-4-6-9(11)13(14,15)16/h4-6,10H,7H2,1-3H3. The minimum atomic E-state index is -4.40. The summed E-state index contributed by atoms with van der Waals surface area (Å²) < 4.78 is 49.2. The lowest BCUT2D eigenvalue weighted by Crippen LogP contribution is -2.23. The van der Waals surface area contributed by atoms with Gasteiger partial charge >= 0.3 is 6.18 Å². The first-order valence-electron chi connectivity index (χ1n) is 5.69. The molecule has 1 unspecified atom stereocenters. The predicted molar refractivity (Wildman–Crippen MR) is 60.5 cm³/mol. The van der Waals surface area contributed by atoms with Crippen LogP contribution in [0.2, 0.25) is 0 Å². The average Bonchev–Trinajstić information content (AvgIpc) is 2.57. The molecule has 1 heterocycles. The van der Waals surface area contributed by atoms with Crippen LogP contribution in [-0.2, 0) is 10.9 Å². The van der Waals surface area contributed by atoms with Gasteiger partial charge in [-0.25, -0.2) is 0 Å². The molecular formula is C13H15F3O2. The molecule has 0 N–H and O–H groups in total. The van der Waals surface area contributed by atoms with Gasteiger partial charge in [0.25, 0.3) is 0 Å². The van der Waals surface area contributed by atoms with Crippen LogP contribution in [0.25, 0.3) is 0 Å². The van der Waals surface area contributed by atoms with Gasteiger partial charge in [0.1, 0.15) is 18.5 Å². The zero-order valence-electron chi connectivity index (χ0n) is 10.5. The van der Waals surface area contributed by atoms with Crippen molar-refractivity contribution in [3.63, 3.8) is 0 Å². The first kappa shape index (κ1) is 13.2. The monoisotopic (exact) mass is 260 g/mol. The van der Waals surface area contributed by atoms with E-state index < -0.39 is 23.4 Å². The lowest BCUT2D eigenvalue weighted by Gasteiger charge is -2.24. The molecule has 1 aliphatic rings. The van der Waals surface area contributed by atoms with Gasteiger partial charge in [-0.1, -0.05) is 12.1 Å². The number of fused-ring (bicyclic) bond motifs is 1. The summed E-state index contributed by atoms with van der Waals surface area (Å²) in [5.74, 6) is -0.0979. The number of para-hydroxylation sites is 1. The van der Waals surface area contributed by atoms with E-state index in [0.717, 1.165) is 6.07 Å². The van der Waals surface area contributed by atoms with E-state index in [1.165, 1.54) is 6.07 Å². The summed E-state index contributed by atoms with van der Waals surface area (Å²) >= 11 is 0. The highest BCUT2D eigenvalue weighted by molar-refractivity contribution is 5.47. The fraction of sp³-hybridized carbons (Fsp3) is 0.538. The summed E-state index contributed by atoms with van der Waals surface area (Å²) in [7, 11) is 0. The van der Waals surface area contributed by atoms with Crippen molar-refractivity contribution in [1.29, 1.82) is 0 Å². The van der Waals surface area contributed by atoms with Crippen LogP contribution in [0, 0.1) is 0 Å². The summed E-state index contributed by atoms with van der Waals surface area (Å²) in [5, 5.41) is 0. The third-order valence-electron chi connectivity index (χ3n) is 2.57. The summed E-state index contributed by atoms with van der Waals surface area (Å²) in [6, 6.07) is 4.03. The second-order valence-corrected chi connectivity index (χ2v) is 5.25. The molecule has 1 aromatic carbocycles. The molecule has 1 aromatic rings. The molecule has 0 radical (unpaired) electrons. The van der Waals surface area contributed by atoms with Crippen LogP contribution in [0.4, 0.5) is 13.2 Å². The van der Waals surface area contributed by atoms with Crippen molar-refractivity contribution in [1.82, 2.24) is 0 Å². The molecule has 0 bridgehead atoms. The Hall–Kier alpha value is -1.23. The van der Waals surface area contributed by atoms with Crippen molar-refractivity contribution in [3.8, 4) is 5.75 Å². The first-order chi connectivity index (χ1) is 8.18. The topological polar surface area (TPSA) is 18.5 Å². The maximum absolute atomic E-state index is 12.8. The third kappa shape index (κ3) is 2.61. The second kappa shape index (κ2) is 4.16. The van der Waals surface area contributed by atoms with Gasteiger partial charge < -0.3 is 9.47 Å². The maximum atomic E-state index is 12.8. The molecule has 0 saturated heterocycles. The largest absolute Gasteiger partial charge is 0.489 e. The number of halogens is 3. The number of hydrogen-bond acceptors (Lipinski definition) is 2. The summed E-state index contributed by atoms with van der Waals surface area (Å²) in [6.07, 6.45) is -4.84. The molecule has 0 fully saturated rings. The number of ether oxygens (including phenoxy) is 2. The minimum Gasteiger partial charge on any atom is -0.489 e. The lowest BCUT2D eigenvalue weighted by atomic mass is 10.1. The van der Waals surface area contributed by atoms with Crippen molar-refractivity contribution < 1.29 is 22.6 Å². The van der Waals surface area contributed by atoms with Crippen molar-refractivity contribution >= 4 is 0 Å². The van der Waals surface area contributed by atoms with E-state index in [0.29, 0.717) is 5.56 Å². The first-order valence-corrected chi connectivity index (χ1v) is 5.69. The van der Waals surface area contributed by atoms with Crippen LogP contribution in [0.3, 0.4) is 0 Å². The predicted octanol–water partition coefficient (Wildman–Crippen LogP) is 3.95. The minimum absolute atomic E-state index is 0.0979. The Balaban J connectivity index is 2.35. The van der Waals surface area contributed by atoms with Crippen LogP contribution in [-0.4, -0.2) is 12.2 Å². The highest BCUT2D eigenvalue weighted by atomic mass is 19.4. The molecule has 0 spiro atoms. The van der Waals surface area contributed by atoms with E-state index in [2.05, 4.69) is 0 Å². The molecule has 0 saturated carbocycles. The third-order valence-corrected chi connectivity index (χ3v) is 2.57. The van der Waals surface area contributed by atoms with Gasteiger partial charge in [0, 0.05) is 5.56 Å². The van der Waals surface area contributed by atoms with E-state index in [1.54, 1.807) is 6.07 Å². The maximum Gasteiger partial charge on any atom is 0.419 e. The van der Waals surface area contributed by atoms with Crippen molar-refractivity contribution in [3.05, 3.63) is 29.3 Å². The van der Waals surface area contributed by atoms with Crippen molar-refractivity contribution in [2.24, 2.45) is 0 Å². The van der Waals surface area contributed by atoms with Gasteiger partial charge in [-0.05, 0) is 26.8 Å². The summed E-state index contributed by atoms with van der Waals surface area (Å²) in [5.41, 5.74) is -0.691. The van der Waals surface area contributed by atoms with E-state index in [4.69, 9.17) is 9.47 Å². The molecule has 2 nitrogen and oxygen atoms in total. The van der Waals surface area contributed by atoms with Crippen LogP contribution in [0.5, 0.6) is 5.75 Å². The Labute approximate surface area is 104 Å². The Kier molecular flexibility index (Phi) is 3.05. The second-order valence-electron chi connectivity index (χ2n) is 5.25. The smallest absolute Gasteiger partial charge is 0.419 e. The zero-order valence-corrected chi connectivity index (χ0v) is 10.5. The fourth-order valence-electron chi connectivity index (χ4n) is 1.97. The molecular weight excluding hydrogens is 245 g/mol. The number of alkyl halides is 3. The van der Waals surface area contributed by atoms with E-state index in [9.17, 15) is 13.2 Å². The van der Waals surface area contributed by atoms with Crippen LogP contribution < -0.4 is 4.74 Å². The lowest BCUT2D eigenvalue weighted by molar-refractivity contribution is -0.138. The van der Waals surface area contributed by atoms with E-state index >= 15 is 0 Å². The molecule has 0 amide bonds. The van der Waals surface area contributed by atoms with Crippen molar-refractivity contribution in [2.75, 3.05) is 6.61 Å². The molecule has 1 atom stereocenters. The summed E-state index contributed by atoms with van der Waals surface area (Å²) in [6.45, 7) is 5.70. The van der Waals surface area contributed by atoms with Gasteiger partial charge in [-0.15, -0.1) is 0 Å². The quantitative estimate of drug-likeness (QED) is 0.761. The number of rotatable bonds is 1. The van der Waals surface area contributed by atoms with Crippen LogP contribution in [0.1, 0.15) is 38.0 Å². The molecule has 18 heavy (non-hydrogen) atoms. The van der Waals surface area contributed by atoms with Crippen LogP contribution >= 0.6 is 0 Å². The van der Waals surface area contributed by atoms with Crippen LogP contribution in [0.15, 0.2) is 18.2 Å². The highest BCUT2D eigenvalue weighted by Gasteiger charge is 2.39. The van der Waals surface area contributed by atoms with Gasteiger partial charge in [-0.3, -0.25) is 0 Å². The normalized spacial score (nSPS) is 19.6. The molecule has 2 rings (SSSR count). The molecule has 5 heteroatoms. The zero-order chi connectivity index (χ0) is 13.6. The molecule has 0 aromatic heterocycles. The SMILES string of the molecule is CC(C)(C)OC1COc2c1cccc2C(F)(F)F. The van der Waals surface area contributed by atoms with Gasteiger partial charge in [0.05, 0.1) is 11.2 Å². The number of hydrogen-bond donors (Lipinski definition) is 0. The Morgan fingerprint density at radius 3 is 2.44 bits per heavy atom. The molecule has 0 aliphatic carbocycles. The Bertz CT molecular complexity index is 447. The highest BCUT2D eigenvalue weighted by Crippen LogP contribution is 2.45. The Morgan fingerprint density at radius 2 is 1.89 bits per heavy atom. The van der Waals surface area contributed by atoms with Gasteiger partial charge in [0.15, 0.2) is 0 Å². The molecule has 100 valence electrons. The fourth-order valence-corrected chi connectivity index (χ4v) is 1.97. The van der Waals surface area contributed by atoms with Crippen molar-refractivity contribution in [2.45, 2.75) is 38.7 Å². The van der Waals surface area contributed by atoms with Gasteiger partial charge in [-0.2, -0.15) is 13.2 Å². The summed E-state index contributed by atoms with van der Waals surface area (Å²) in [4.78, 5) is 0. The molecule has 1 aliphatic heterocycles. The average molecular weight is 260 g/mol. The number of benzene rings is 1. The van der Waals surface area contributed by atoms with Gasteiger partial charge in [0.2, 0.25) is 0 Å². The van der Waals surface area contributed by atoms with E-state index in [-0.39, 0.29) is 12.4 Å². The Morgan fingerprint density at radius 1 is 1.22 bits per heavy atom. The van der Waals surface area contributed by atoms with E-state index in [1.807, 2.05) is 20.8 Å².